The van der Waals surface area contributed by atoms with Crippen LogP contribution in [0.4, 0.5) is 0 Å². The van der Waals surface area contributed by atoms with E-state index in [-0.39, 0.29) is 0 Å². The van der Waals surface area contributed by atoms with Gasteiger partial charge in [-0.25, -0.2) is 0 Å². The van der Waals surface area contributed by atoms with Crippen molar-refractivity contribution in [2.75, 3.05) is 33.4 Å². The zero-order chi connectivity index (χ0) is 12.9. The van der Waals surface area contributed by atoms with Crippen molar-refractivity contribution in [2.24, 2.45) is 17.1 Å². The van der Waals surface area contributed by atoms with E-state index in [1.54, 1.807) is 7.11 Å². The first-order valence-electron chi connectivity index (χ1n) is 6.87. The Morgan fingerprint density at radius 1 is 1.41 bits per heavy atom. The van der Waals surface area contributed by atoms with Gasteiger partial charge in [0.25, 0.3) is 0 Å². The lowest BCUT2D eigenvalue weighted by molar-refractivity contribution is 0.152. The maximum atomic E-state index is 6.18. The van der Waals surface area contributed by atoms with Gasteiger partial charge in [-0.1, -0.05) is 20.8 Å². The van der Waals surface area contributed by atoms with Crippen molar-refractivity contribution in [3.8, 4) is 0 Å². The minimum absolute atomic E-state index is 0.344. The Labute approximate surface area is 107 Å². The number of methoxy groups -OCH3 is 1. The fourth-order valence-corrected chi connectivity index (χ4v) is 2.72. The first-order valence-corrected chi connectivity index (χ1v) is 6.87. The van der Waals surface area contributed by atoms with Crippen LogP contribution in [0, 0.1) is 11.3 Å². The van der Waals surface area contributed by atoms with Crippen LogP contribution in [-0.4, -0.2) is 44.3 Å². The van der Waals surface area contributed by atoms with Crippen LogP contribution in [0.5, 0.6) is 0 Å². The number of ether oxygens (including phenoxy) is 1. The number of rotatable bonds is 6. The Morgan fingerprint density at radius 2 is 2.12 bits per heavy atom. The molecule has 1 aliphatic rings. The third-order valence-electron chi connectivity index (χ3n) is 3.46. The zero-order valence-corrected chi connectivity index (χ0v) is 12.0. The highest BCUT2D eigenvalue weighted by atomic mass is 16.5. The van der Waals surface area contributed by atoms with Crippen LogP contribution in [0.3, 0.4) is 0 Å². The van der Waals surface area contributed by atoms with Gasteiger partial charge in [0.05, 0.1) is 6.61 Å². The third-order valence-corrected chi connectivity index (χ3v) is 3.46. The van der Waals surface area contributed by atoms with Gasteiger partial charge in [0, 0.05) is 19.7 Å². The van der Waals surface area contributed by atoms with E-state index in [2.05, 4.69) is 25.7 Å². The van der Waals surface area contributed by atoms with Crippen molar-refractivity contribution < 1.29 is 4.74 Å². The topological polar surface area (TPSA) is 38.5 Å². The maximum absolute atomic E-state index is 6.18. The van der Waals surface area contributed by atoms with E-state index in [1.165, 1.54) is 19.5 Å². The summed E-state index contributed by atoms with van der Waals surface area (Å²) in [7, 11) is 1.79. The van der Waals surface area contributed by atoms with E-state index in [9.17, 15) is 0 Å². The number of nitrogens with two attached hydrogens (primary N) is 1. The summed E-state index contributed by atoms with van der Waals surface area (Å²) in [5.74, 6) is 0.735. The Morgan fingerprint density at radius 3 is 2.71 bits per heavy atom. The minimum Gasteiger partial charge on any atom is -0.384 e. The van der Waals surface area contributed by atoms with Gasteiger partial charge in [0.1, 0.15) is 0 Å². The molecule has 1 heterocycles. The summed E-state index contributed by atoms with van der Waals surface area (Å²) in [5.41, 5.74) is 6.53. The summed E-state index contributed by atoms with van der Waals surface area (Å²) in [6, 6.07) is 0.344. The quantitative estimate of drug-likeness (QED) is 0.775. The smallest absolute Gasteiger partial charge is 0.0503 e. The lowest BCUT2D eigenvalue weighted by Gasteiger charge is -2.25. The molecule has 0 radical (unpaired) electrons. The largest absolute Gasteiger partial charge is 0.384 e. The second-order valence-corrected chi connectivity index (χ2v) is 6.72. The Balaban J connectivity index is 2.15. The molecule has 17 heavy (non-hydrogen) atoms. The van der Waals surface area contributed by atoms with E-state index >= 15 is 0 Å². The molecule has 102 valence electrons. The summed E-state index contributed by atoms with van der Waals surface area (Å²) >= 11 is 0. The van der Waals surface area contributed by atoms with E-state index in [4.69, 9.17) is 10.5 Å². The van der Waals surface area contributed by atoms with Gasteiger partial charge < -0.3 is 15.4 Å². The molecule has 3 heteroatoms. The van der Waals surface area contributed by atoms with Crippen molar-refractivity contribution in [3.63, 3.8) is 0 Å². The minimum atomic E-state index is 0.344. The van der Waals surface area contributed by atoms with Crippen LogP contribution in [0.15, 0.2) is 0 Å². The van der Waals surface area contributed by atoms with Crippen LogP contribution in [0.1, 0.15) is 40.0 Å². The highest BCUT2D eigenvalue weighted by Gasteiger charge is 2.23. The average molecular weight is 242 g/mol. The second-order valence-electron chi connectivity index (χ2n) is 6.72. The molecule has 0 aromatic heterocycles. The molecule has 0 spiro atoms. The molecular weight excluding hydrogens is 212 g/mol. The highest BCUT2D eigenvalue weighted by Crippen LogP contribution is 2.22. The monoisotopic (exact) mass is 242 g/mol. The van der Waals surface area contributed by atoms with Gasteiger partial charge in [-0.05, 0) is 43.7 Å². The predicted molar refractivity (Wildman–Crippen MR) is 73.1 cm³/mol. The number of hydrogen-bond acceptors (Lipinski definition) is 3. The zero-order valence-electron chi connectivity index (χ0n) is 12.0. The maximum Gasteiger partial charge on any atom is 0.0503 e. The molecule has 1 fully saturated rings. The molecule has 0 bridgehead atoms. The summed E-state index contributed by atoms with van der Waals surface area (Å²) in [5, 5.41) is 0. The van der Waals surface area contributed by atoms with Crippen molar-refractivity contribution in [1.82, 2.24) is 4.90 Å². The summed E-state index contributed by atoms with van der Waals surface area (Å²) in [6.07, 6.45) is 3.52. The van der Waals surface area contributed by atoms with Crippen molar-refractivity contribution in [2.45, 2.75) is 46.1 Å². The molecule has 0 aromatic carbocycles. The second kappa shape index (κ2) is 6.72. The van der Waals surface area contributed by atoms with Gasteiger partial charge in [-0.3, -0.25) is 0 Å². The number of likely N-dealkylation sites (tertiary alicyclic amines) is 1. The lowest BCUT2D eigenvalue weighted by atomic mass is 9.87. The van der Waals surface area contributed by atoms with E-state index in [0.717, 1.165) is 31.9 Å². The Kier molecular flexibility index (Phi) is 5.90. The van der Waals surface area contributed by atoms with Gasteiger partial charge in [0.15, 0.2) is 0 Å². The van der Waals surface area contributed by atoms with Crippen LogP contribution in [-0.2, 0) is 4.74 Å². The van der Waals surface area contributed by atoms with Crippen LogP contribution in [0.25, 0.3) is 0 Å². The molecule has 0 saturated carbocycles. The molecule has 1 aliphatic heterocycles. The fourth-order valence-electron chi connectivity index (χ4n) is 2.72. The first-order chi connectivity index (χ1) is 7.90. The molecular formula is C14H30N2O. The predicted octanol–water partition coefficient (Wildman–Crippen LogP) is 2.11. The molecule has 0 aliphatic carbocycles. The van der Waals surface area contributed by atoms with Crippen molar-refractivity contribution in [1.29, 1.82) is 0 Å². The molecule has 2 N–H and O–H groups in total. The lowest BCUT2D eigenvalue weighted by Crippen LogP contribution is -2.32. The van der Waals surface area contributed by atoms with E-state index < -0.39 is 0 Å². The van der Waals surface area contributed by atoms with Crippen molar-refractivity contribution in [3.05, 3.63) is 0 Å². The Bertz CT molecular complexity index is 213. The summed E-state index contributed by atoms with van der Waals surface area (Å²) < 4.78 is 5.21. The summed E-state index contributed by atoms with van der Waals surface area (Å²) in [4.78, 5) is 2.53. The van der Waals surface area contributed by atoms with Gasteiger partial charge in [-0.15, -0.1) is 0 Å². The number of nitrogens with zero attached hydrogens (tertiary/aromatic N) is 1. The molecule has 3 nitrogen and oxygen atoms in total. The van der Waals surface area contributed by atoms with E-state index in [1.807, 2.05) is 0 Å². The molecule has 0 aromatic rings. The van der Waals surface area contributed by atoms with Crippen LogP contribution >= 0.6 is 0 Å². The molecule has 1 saturated heterocycles. The highest BCUT2D eigenvalue weighted by molar-refractivity contribution is 4.78. The Hall–Kier alpha value is -0.120. The van der Waals surface area contributed by atoms with Crippen LogP contribution < -0.4 is 5.73 Å². The average Bonchev–Trinajstić information content (AvgIpc) is 2.61. The van der Waals surface area contributed by atoms with Gasteiger partial charge in [-0.2, -0.15) is 0 Å². The summed E-state index contributed by atoms with van der Waals surface area (Å²) in [6.45, 7) is 11.3. The fraction of sp³-hybridized carbons (Fsp3) is 1.00. The molecule has 0 amide bonds. The number of hydrogen-bond donors (Lipinski definition) is 1. The van der Waals surface area contributed by atoms with Gasteiger partial charge in [0.2, 0.25) is 0 Å². The molecule has 2 atom stereocenters. The van der Waals surface area contributed by atoms with E-state index in [0.29, 0.717) is 11.5 Å². The standard InChI is InChI=1S/C14H30N2O/c1-14(2,3)9-13(15)6-8-16-7-5-12(10-16)11-17-4/h12-13H,5-11,15H2,1-4H3. The third kappa shape index (κ3) is 6.39. The molecule has 1 rings (SSSR count). The molecule has 2 unspecified atom stereocenters. The normalized spacial score (nSPS) is 24.2. The van der Waals surface area contributed by atoms with Gasteiger partial charge >= 0.3 is 0 Å². The first kappa shape index (κ1) is 14.9. The SMILES string of the molecule is COCC1CCN(CCC(N)CC(C)(C)C)C1. The van der Waals surface area contributed by atoms with Crippen LogP contribution in [0.2, 0.25) is 0 Å². The van der Waals surface area contributed by atoms with Crippen molar-refractivity contribution >= 4 is 0 Å².